The van der Waals surface area contributed by atoms with E-state index in [1.165, 1.54) is 12.1 Å². The SMILES string of the molecule is COCCCn1ccnc1Nc1ccc(F)cc1Cl. The summed E-state index contributed by atoms with van der Waals surface area (Å²) in [4.78, 5) is 4.21. The van der Waals surface area contributed by atoms with Crippen molar-refractivity contribution >= 4 is 23.2 Å². The van der Waals surface area contributed by atoms with E-state index in [0.29, 0.717) is 23.3 Å². The van der Waals surface area contributed by atoms with Crippen LogP contribution in [0.3, 0.4) is 0 Å². The number of aromatic nitrogens is 2. The Hall–Kier alpha value is -1.59. The largest absolute Gasteiger partial charge is 0.385 e. The highest BCUT2D eigenvalue weighted by Gasteiger charge is 2.06. The van der Waals surface area contributed by atoms with Crippen molar-refractivity contribution in [2.24, 2.45) is 0 Å². The van der Waals surface area contributed by atoms with Gasteiger partial charge in [0.05, 0.1) is 10.7 Å². The minimum Gasteiger partial charge on any atom is -0.385 e. The molecule has 1 N–H and O–H groups in total. The van der Waals surface area contributed by atoms with Gasteiger partial charge in [-0.2, -0.15) is 0 Å². The topological polar surface area (TPSA) is 39.1 Å². The van der Waals surface area contributed by atoms with Gasteiger partial charge in [-0.3, -0.25) is 0 Å². The third-order valence-electron chi connectivity index (χ3n) is 2.64. The van der Waals surface area contributed by atoms with E-state index in [1.807, 2.05) is 10.8 Å². The summed E-state index contributed by atoms with van der Waals surface area (Å²) in [5.41, 5.74) is 0.627. The van der Waals surface area contributed by atoms with Gasteiger partial charge < -0.3 is 14.6 Å². The van der Waals surface area contributed by atoms with Crippen LogP contribution in [-0.4, -0.2) is 23.3 Å². The van der Waals surface area contributed by atoms with Crippen molar-refractivity contribution in [3.05, 3.63) is 41.4 Å². The van der Waals surface area contributed by atoms with Crippen molar-refractivity contribution in [1.29, 1.82) is 0 Å². The first-order valence-corrected chi connectivity index (χ1v) is 6.30. The van der Waals surface area contributed by atoms with Gasteiger partial charge in [0, 0.05) is 32.7 Å². The maximum Gasteiger partial charge on any atom is 0.207 e. The Kier molecular flexibility index (Phi) is 4.76. The fourth-order valence-electron chi connectivity index (χ4n) is 1.70. The average molecular weight is 284 g/mol. The Balaban J connectivity index is 2.08. The summed E-state index contributed by atoms with van der Waals surface area (Å²) >= 11 is 5.97. The molecule has 2 rings (SSSR count). The zero-order valence-corrected chi connectivity index (χ0v) is 11.3. The van der Waals surface area contributed by atoms with Crippen LogP contribution < -0.4 is 5.32 Å². The van der Waals surface area contributed by atoms with E-state index in [9.17, 15) is 4.39 Å². The number of anilines is 2. The van der Waals surface area contributed by atoms with Crippen molar-refractivity contribution < 1.29 is 9.13 Å². The molecule has 102 valence electrons. The lowest BCUT2D eigenvalue weighted by Gasteiger charge is -2.10. The number of benzene rings is 1. The lowest BCUT2D eigenvalue weighted by atomic mass is 10.3. The number of hydrogen-bond acceptors (Lipinski definition) is 3. The van der Waals surface area contributed by atoms with Crippen LogP contribution in [0.25, 0.3) is 0 Å². The first kappa shape index (κ1) is 13.8. The Labute approximate surface area is 116 Å². The number of aryl methyl sites for hydroxylation is 1. The van der Waals surface area contributed by atoms with E-state index in [1.54, 1.807) is 19.4 Å². The van der Waals surface area contributed by atoms with E-state index in [0.717, 1.165) is 13.0 Å². The molecule has 0 saturated heterocycles. The van der Waals surface area contributed by atoms with E-state index in [-0.39, 0.29) is 5.82 Å². The van der Waals surface area contributed by atoms with E-state index < -0.39 is 0 Å². The summed E-state index contributed by atoms with van der Waals surface area (Å²) in [7, 11) is 1.67. The second kappa shape index (κ2) is 6.54. The van der Waals surface area contributed by atoms with E-state index in [2.05, 4.69) is 10.3 Å². The minimum absolute atomic E-state index is 0.325. The van der Waals surface area contributed by atoms with Crippen LogP contribution in [0.1, 0.15) is 6.42 Å². The van der Waals surface area contributed by atoms with Crippen molar-refractivity contribution in [2.75, 3.05) is 19.0 Å². The summed E-state index contributed by atoms with van der Waals surface area (Å²) in [5, 5.41) is 3.41. The van der Waals surface area contributed by atoms with Crippen molar-refractivity contribution in [2.45, 2.75) is 13.0 Å². The maximum atomic E-state index is 13.0. The summed E-state index contributed by atoms with van der Waals surface area (Å²) in [6.07, 6.45) is 4.46. The Morgan fingerprint density at radius 3 is 3.05 bits per heavy atom. The number of imidazole rings is 1. The standard InChI is InChI=1S/C13H15ClFN3O/c1-19-8-2-6-18-7-5-16-13(18)17-12-4-3-10(15)9-11(12)14/h3-5,7,9H,2,6,8H2,1H3,(H,16,17). The molecule has 0 spiro atoms. The van der Waals surface area contributed by atoms with Crippen molar-refractivity contribution in [3.63, 3.8) is 0 Å². The molecule has 0 atom stereocenters. The molecular weight excluding hydrogens is 269 g/mol. The van der Waals surface area contributed by atoms with Crippen LogP contribution in [-0.2, 0) is 11.3 Å². The Morgan fingerprint density at radius 2 is 2.32 bits per heavy atom. The smallest absolute Gasteiger partial charge is 0.207 e. The zero-order valence-electron chi connectivity index (χ0n) is 10.6. The monoisotopic (exact) mass is 283 g/mol. The second-order valence-corrected chi connectivity index (χ2v) is 4.45. The first-order valence-electron chi connectivity index (χ1n) is 5.93. The predicted octanol–water partition coefficient (Wildman–Crippen LogP) is 3.46. The van der Waals surface area contributed by atoms with Crippen LogP contribution in [0.4, 0.5) is 16.0 Å². The Bertz CT molecular complexity index is 544. The zero-order chi connectivity index (χ0) is 13.7. The van der Waals surface area contributed by atoms with Gasteiger partial charge in [0.15, 0.2) is 0 Å². The average Bonchev–Trinajstić information content (AvgIpc) is 2.81. The molecule has 2 aromatic rings. The van der Waals surface area contributed by atoms with Crippen LogP contribution >= 0.6 is 11.6 Å². The molecule has 6 heteroatoms. The van der Waals surface area contributed by atoms with Crippen LogP contribution in [0.2, 0.25) is 5.02 Å². The number of rotatable bonds is 6. The van der Waals surface area contributed by atoms with Crippen LogP contribution in [0, 0.1) is 5.82 Å². The van der Waals surface area contributed by atoms with Gasteiger partial charge in [-0.05, 0) is 24.6 Å². The molecule has 0 bridgehead atoms. The van der Waals surface area contributed by atoms with Crippen molar-refractivity contribution in [1.82, 2.24) is 9.55 Å². The van der Waals surface area contributed by atoms with Crippen LogP contribution in [0.5, 0.6) is 0 Å². The number of nitrogens with one attached hydrogen (secondary N) is 1. The summed E-state index contributed by atoms with van der Waals surface area (Å²) in [6, 6.07) is 4.21. The number of ether oxygens (including phenoxy) is 1. The van der Waals surface area contributed by atoms with Gasteiger partial charge in [0.25, 0.3) is 0 Å². The molecule has 0 fully saturated rings. The van der Waals surface area contributed by atoms with Gasteiger partial charge in [0.2, 0.25) is 5.95 Å². The molecule has 1 heterocycles. The maximum absolute atomic E-state index is 13.0. The molecular formula is C13H15ClFN3O. The van der Waals surface area contributed by atoms with E-state index >= 15 is 0 Å². The van der Waals surface area contributed by atoms with Gasteiger partial charge in [-0.25, -0.2) is 9.37 Å². The molecule has 4 nitrogen and oxygen atoms in total. The predicted molar refractivity (Wildman–Crippen MR) is 73.4 cm³/mol. The number of methoxy groups -OCH3 is 1. The van der Waals surface area contributed by atoms with Gasteiger partial charge in [-0.15, -0.1) is 0 Å². The fraction of sp³-hybridized carbons (Fsp3) is 0.308. The number of hydrogen-bond donors (Lipinski definition) is 1. The third kappa shape index (κ3) is 3.68. The lowest BCUT2D eigenvalue weighted by Crippen LogP contribution is -2.05. The number of halogens is 2. The Morgan fingerprint density at radius 1 is 1.47 bits per heavy atom. The molecule has 0 unspecified atom stereocenters. The minimum atomic E-state index is -0.362. The molecule has 19 heavy (non-hydrogen) atoms. The highest BCUT2D eigenvalue weighted by atomic mass is 35.5. The molecule has 0 aliphatic rings. The molecule has 0 aliphatic heterocycles. The molecule has 0 amide bonds. The summed E-state index contributed by atoms with van der Waals surface area (Å²) in [5.74, 6) is 0.309. The van der Waals surface area contributed by atoms with Gasteiger partial charge in [-0.1, -0.05) is 11.6 Å². The lowest BCUT2D eigenvalue weighted by molar-refractivity contribution is 0.190. The summed E-state index contributed by atoms with van der Waals surface area (Å²) in [6.45, 7) is 1.48. The first-order chi connectivity index (χ1) is 9.20. The molecule has 1 aromatic carbocycles. The highest BCUT2D eigenvalue weighted by Crippen LogP contribution is 2.25. The molecule has 0 saturated carbocycles. The quantitative estimate of drug-likeness (QED) is 0.825. The van der Waals surface area contributed by atoms with Crippen molar-refractivity contribution in [3.8, 4) is 0 Å². The van der Waals surface area contributed by atoms with Gasteiger partial charge >= 0.3 is 0 Å². The fourth-order valence-corrected chi connectivity index (χ4v) is 1.92. The van der Waals surface area contributed by atoms with Gasteiger partial charge in [0.1, 0.15) is 5.82 Å². The normalized spacial score (nSPS) is 10.7. The van der Waals surface area contributed by atoms with Crippen LogP contribution in [0.15, 0.2) is 30.6 Å². The molecule has 0 aliphatic carbocycles. The molecule has 1 aromatic heterocycles. The highest BCUT2D eigenvalue weighted by molar-refractivity contribution is 6.33. The number of nitrogens with zero attached hydrogens (tertiary/aromatic N) is 2. The second-order valence-electron chi connectivity index (χ2n) is 4.04. The van der Waals surface area contributed by atoms with E-state index in [4.69, 9.17) is 16.3 Å². The third-order valence-corrected chi connectivity index (χ3v) is 2.95. The summed E-state index contributed by atoms with van der Waals surface area (Å²) < 4.78 is 19.9. The molecule has 0 radical (unpaired) electrons.